The minimum atomic E-state index is -1.41. The zero-order chi connectivity index (χ0) is 26.3. The Bertz CT molecular complexity index is 1330. The molecule has 1 aliphatic heterocycles. The maximum Gasteiger partial charge on any atom is 0.319 e. The highest BCUT2D eigenvalue weighted by Crippen LogP contribution is 2.43. The molecule has 3 N–H and O–H groups in total. The lowest BCUT2D eigenvalue weighted by Gasteiger charge is -2.22. The molecule has 3 aromatic rings. The van der Waals surface area contributed by atoms with E-state index in [0.717, 1.165) is 5.56 Å². The number of hydrogen-bond acceptors (Lipinski definition) is 7. The van der Waals surface area contributed by atoms with Crippen LogP contribution in [0.4, 0.5) is 10.5 Å². The zero-order valence-electron chi connectivity index (χ0n) is 19.7. The quantitative estimate of drug-likeness (QED) is 0.271. The predicted molar refractivity (Wildman–Crippen MR) is 140 cm³/mol. The van der Waals surface area contributed by atoms with Gasteiger partial charge in [-0.25, -0.2) is 4.79 Å². The molecule has 0 aromatic heterocycles. The van der Waals surface area contributed by atoms with Crippen LogP contribution >= 0.6 is 23.2 Å². The number of anilines is 1. The molecule has 0 aliphatic carbocycles. The van der Waals surface area contributed by atoms with Crippen molar-refractivity contribution in [2.75, 3.05) is 18.4 Å². The first kappa shape index (κ1) is 26.1. The van der Waals surface area contributed by atoms with Gasteiger partial charge in [0.15, 0.2) is 0 Å². The summed E-state index contributed by atoms with van der Waals surface area (Å²) < 4.78 is 6.01. The van der Waals surface area contributed by atoms with E-state index in [1.165, 1.54) is 0 Å². The first-order valence-corrected chi connectivity index (χ1v) is 12.0. The van der Waals surface area contributed by atoms with Crippen molar-refractivity contribution in [2.24, 2.45) is 20.7 Å². The summed E-state index contributed by atoms with van der Waals surface area (Å²) in [6.07, 6.45) is -0.176. The average molecular weight is 540 g/mol. The molecule has 0 spiro atoms. The van der Waals surface area contributed by atoms with Crippen LogP contribution in [0.15, 0.2) is 87.4 Å². The SMILES string of the molecule is Cc1ccc(NC(=O)NCCNC(=O)CC2(c3ccccc3Oc3ccc(Cl)cc3Cl)N=NN=N2)cc1. The number of amides is 3. The maximum atomic E-state index is 12.8. The number of urea groups is 1. The topological polar surface area (TPSA) is 129 Å². The molecular weight excluding hydrogens is 517 g/mol. The van der Waals surface area contributed by atoms with Crippen LogP contribution in [0.2, 0.25) is 10.0 Å². The van der Waals surface area contributed by atoms with Crippen LogP contribution in [0, 0.1) is 6.92 Å². The third-order valence-corrected chi connectivity index (χ3v) is 5.87. The molecule has 0 radical (unpaired) electrons. The number of hydrogen-bond donors (Lipinski definition) is 3. The summed E-state index contributed by atoms with van der Waals surface area (Å²) in [6.45, 7) is 2.38. The van der Waals surface area contributed by atoms with Crippen LogP contribution in [0.1, 0.15) is 17.5 Å². The summed E-state index contributed by atoms with van der Waals surface area (Å²) in [5.41, 5.74) is 0.842. The van der Waals surface area contributed by atoms with Crippen molar-refractivity contribution in [1.82, 2.24) is 10.6 Å². The summed E-state index contributed by atoms with van der Waals surface area (Å²) in [6, 6.07) is 18.9. The van der Waals surface area contributed by atoms with E-state index < -0.39 is 5.66 Å². The lowest BCUT2D eigenvalue weighted by atomic mass is 9.96. The zero-order valence-corrected chi connectivity index (χ0v) is 21.3. The van der Waals surface area contributed by atoms with Gasteiger partial charge >= 0.3 is 6.03 Å². The molecule has 0 saturated heterocycles. The Balaban J connectivity index is 1.36. The summed E-state index contributed by atoms with van der Waals surface area (Å²) in [4.78, 5) is 24.9. The van der Waals surface area contributed by atoms with E-state index in [4.69, 9.17) is 27.9 Å². The summed E-state index contributed by atoms with van der Waals surface area (Å²) in [5.74, 6) is 0.397. The van der Waals surface area contributed by atoms with Crippen molar-refractivity contribution >= 4 is 40.8 Å². The average Bonchev–Trinajstić information content (AvgIpc) is 3.34. The maximum absolute atomic E-state index is 12.8. The van der Waals surface area contributed by atoms with E-state index in [2.05, 4.69) is 36.6 Å². The van der Waals surface area contributed by atoms with Crippen LogP contribution in [0.3, 0.4) is 0 Å². The first-order valence-electron chi connectivity index (χ1n) is 11.3. The van der Waals surface area contributed by atoms with Crippen LogP contribution in [-0.2, 0) is 10.5 Å². The molecule has 1 aliphatic rings. The second kappa shape index (κ2) is 11.8. The summed E-state index contributed by atoms with van der Waals surface area (Å²) in [5, 5.41) is 24.5. The number of aryl methyl sites for hydroxylation is 1. The highest BCUT2D eigenvalue weighted by atomic mass is 35.5. The number of nitrogens with zero attached hydrogens (tertiary/aromatic N) is 4. The smallest absolute Gasteiger partial charge is 0.319 e. The van der Waals surface area contributed by atoms with Gasteiger partial charge in [0.1, 0.15) is 11.5 Å². The standard InChI is InChI=1S/C25H23Cl2N7O3/c1-16-6-9-18(10-7-16)30-24(36)29-13-12-28-23(35)15-25(31-33-34-32-25)19-4-2-3-5-21(19)37-22-11-8-17(26)14-20(22)27/h2-11,14H,12-13,15H2,1H3,(H,28,35)(H2,29,30,36). The third kappa shape index (κ3) is 6.81. The number of rotatable bonds is 9. The molecule has 0 fully saturated rings. The van der Waals surface area contributed by atoms with E-state index in [0.29, 0.717) is 32.8 Å². The van der Waals surface area contributed by atoms with E-state index in [1.54, 1.807) is 42.5 Å². The molecule has 3 aromatic carbocycles. The number of benzene rings is 3. The normalized spacial score (nSPS) is 13.3. The Labute approximate surface area is 223 Å². The number of para-hydroxylation sites is 1. The van der Waals surface area contributed by atoms with Gasteiger partial charge in [0.25, 0.3) is 0 Å². The Morgan fingerprint density at radius 2 is 1.59 bits per heavy atom. The lowest BCUT2D eigenvalue weighted by molar-refractivity contribution is -0.122. The molecule has 10 nitrogen and oxygen atoms in total. The van der Waals surface area contributed by atoms with Crippen molar-refractivity contribution in [2.45, 2.75) is 19.0 Å². The van der Waals surface area contributed by atoms with Crippen LogP contribution < -0.4 is 20.7 Å². The molecule has 0 unspecified atom stereocenters. The molecule has 3 amide bonds. The predicted octanol–water partition coefficient (Wildman–Crippen LogP) is 6.41. The highest BCUT2D eigenvalue weighted by molar-refractivity contribution is 6.35. The van der Waals surface area contributed by atoms with Gasteiger partial charge in [-0.1, -0.05) is 59.1 Å². The molecule has 4 rings (SSSR count). The van der Waals surface area contributed by atoms with Gasteiger partial charge in [-0.05, 0) is 53.8 Å². The Morgan fingerprint density at radius 1 is 0.892 bits per heavy atom. The van der Waals surface area contributed by atoms with E-state index >= 15 is 0 Å². The minimum absolute atomic E-state index is 0.176. The Hall–Kier alpha value is -4.02. The van der Waals surface area contributed by atoms with Gasteiger partial charge in [0.2, 0.25) is 11.6 Å². The highest BCUT2D eigenvalue weighted by Gasteiger charge is 2.40. The lowest BCUT2D eigenvalue weighted by Crippen LogP contribution is -2.38. The molecule has 190 valence electrons. The molecular formula is C25H23Cl2N7O3. The van der Waals surface area contributed by atoms with Gasteiger partial charge in [-0.2, -0.15) is 0 Å². The number of ether oxygens (including phenoxy) is 1. The second-order valence-electron chi connectivity index (χ2n) is 8.14. The van der Waals surface area contributed by atoms with Crippen LogP contribution in [-0.4, -0.2) is 25.0 Å². The van der Waals surface area contributed by atoms with Crippen LogP contribution in [0.25, 0.3) is 0 Å². The fourth-order valence-corrected chi connectivity index (χ4v) is 3.97. The van der Waals surface area contributed by atoms with E-state index in [9.17, 15) is 9.59 Å². The molecule has 0 atom stereocenters. The number of halogens is 2. The van der Waals surface area contributed by atoms with Crippen molar-refractivity contribution in [1.29, 1.82) is 0 Å². The van der Waals surface area contributed by atoms with Gasteiger partial charge in [0.05, 0.1) is 11.4 Å². The number of nitrogens with one attached hydrogen (secondary N) is 3. The molecule has 37 heavy (non-hydrogen) atoms. The van der Waals surface area contributed by atoms with Crippen molar-refractivity contribution in [3.05, 3.63) is 87.9 Å². The summed E-state index contributed by atoms with van der Waals surface area (Å²) in [7, 11) is 0. The summed E-state index contributed by atoms with van der Waals surface area (Å²) >= 11 is 12.2. The number of carbonyl (C=O) groups is 2. The van der Waals surface area contributed by atoms with Crippen molar-refractivity contribution in [3.63, 3.8) is 0 Å². The van der Waals surface area contributed by atoms with Crippen molar-refractivity contribution < 1.29 is 14.3 Å². The number of carbonyl (C=O) groups excluding carboxylic acids is 2. The Morgan fingerprint density at radius 3 is 2.32 bits per heavy atom. The second-order valence-corrected chi connectivity index (χ2v) is 8.99. The van der Waals surface area contributed by atoms with Gasteiger partial charge in [0, 0.05) is 29.4 Å². The van der Waals surface area contributed by atoms with Gasteiger partial charge < -0.3 is 20.7 Å². The monoisotopic (exact) mass is 539 g/mol. The third-order valence-electron chi connectivity index (χ3n) is 5.34. The molecule has 1 heterocycles. The fourth-order valence-electron chi connectivity index (χ4n) is 3.52. The molecule has 0 bridgehead atoms. The fraction of sp³-hybridized carbons (Fsp3) is 0.200. The largest absolute Gasteiger partial charge is 0.455 e. The molecule has 12 heteroatoms. The first-order chi connectivity index (χ1) is 17.8. The molecule has 0 saturated carbocycles. The van der Waals surface area contributed by atoms with Crippen LogP contribution in [0.5, 0.6) is 11.5 Å². The van der Waals surface area contributed by atoms with E-state index in [1.807, 2.05) is 31.2 Å². The van der Waals surface area contributed by atoms with E-state index in [-0.39, 0.29) is 31.4 Å². The van der Waals surface area contributed by atoms with Gasteiger partial charge in [-0.3, -0.25) is 4.79 Å². The van der Waals surface area contributed by atoms with Gasteiger partial charge in [-0.15, -0.1) is 10.2 Å². The van der Waals surface area contributed by atoms with Crippen molar-refractivity contribution in [3.8, 4) is 11.5 Å². The Kier molecular flexibility index (Phi) is 8.32. The minimum Gasteiger partial charge on any atom is -0.455 e.